The molecule has 1 fully saturated rings. The van der Waals surface area contributed by atoms with Gasteiger partial charge < -0.3 is 4.74 Å². The number of likely N-dealkylation sites (tertiary alicyclic amines) is 1. The summed E-state index contributed by atoms with van der Waals surface area (Å²) >= 11 is 0. The zero-order valence-corrected chi connectivity index (χ0v) is 12.9. The van der Waals surface area contributed by atoms with Crippen LogP contribution in [0.1, 0.15) is 38.8 Å². The molecule has 20 heavy (non-hydrogen) atoms. The van der Waals surface area contributed by atoms with E-state index in [-0.39, 0.29) is 11.9 Å². The molecule has 2 heterocycles. The summed E-state index contributed by atoms with van der Waals surface area (Å²) in [5, 5.41) is 4.37. The van der Waals surface area contributed by atoms with Crippen LogP contribution in [0.15, 0.2) is 12.4 Å². The lowest BCUT2D eigenvalue weighted by molar-refractivity contribution is -0.149. The van der Waals surface area contributed by atoms with Crippen LogP contribution in [0.25, 0.3) is 0 Å². The fourth-order valence-electron chi connectivity index (χ4n) is 2.88. The highest BCUT2D eigenvalue weighted by Crippen LogP contribution is 2.25. The number of methoxy groups -OCH3 is 1. The first-order chi connectivity index (χ1) is 9.51. The normalized spacial score (nSPS) is 24.1. The summed E-state index contributed by atoms with van der Waals surface area (Å²) < 4.78 is 6.86. The van der Waals surface area contributed by atoms with Gasteiger partial charge in [-0.15, -0.1) is 0 Å². The molecule has 0 amide bonds. The number of rotatable bonds is 4. The van der Waals surface area contributed by atoms with Crippen molar-refractivity contribution >= 4 is 5.97 Å². The van der Waals surface area contributed by atoms with Crippen molar-refractivity contribution < 1.29 is 9.53 Å². The topological polar surface area (TPSA) is 47.4 Å². The summed E-state index contributed by atoms with van der Waals surface area (Å²) in [6.07, 6.45) is 4.94. The molecule has 0 unspecified atom stereocenters. The van der Waals surface area contributed by atoms with Gasteiger partial charge in [-0.2, -0.15) is 5.10 Å². The number of carbonyl (C=O) groups is 1. The Morgan fingerprint density at radius 2 is 2.30 bits per heavy atom. The fraction of sp³-hybridized carbons (Fsp3) is 0.733. The van der Waals surface area contributed by atoms with Crippen molar-refractivity contribution in [2.24, 2.45) is 11.8 Å². The standard InChI is InChI=1S/C15H25N3O2/c1-11(2)18-10-13(7-16-18)9-17-6-5-14(12(3)8-17)15(19)20-4/h7,10-12,14H,5-6,8-9H2,1-4H3/t12-,14+/m1/s1. The maximum atomic E-state index is 11.7. The predicted octanol–water partition coefficient (Wildman–Crippen LogP) is 2.09. The molecule has 0 radical (unpaired) electrons. The molecule has 1 aliphatic heterocycles. The van der Waals surface area contributed by atoms with Crippen LogP contribution in [0.3, 0.4) is 0 Å². The number of carbonyl (C=O) groups excluding carboxylic acids is 1. The highest BCUT2D eigenvalue weighted by molar-refractivity contribution is 5.72. The molecule has 0 bridgehead atoms. The van der Waals surface area contributed by atoms with Crippen molar-refractivity contribution in [2.75, 3.05) is 20.2 Å². The largest absolute Gasteiger partial charge is 0.469 e. The van der Waals surface area contributed by atoms with Crippen molar-refractivity contribution in [3.05, 3.63) is 18.0 Å². The minimum absolute atomic E-state index is 0.0506. The van der Waals surface area contributed by atoms with E-state index in [0.29, 0.717) is 12.0 Å². The summed E-state index contributed by atoms with van der Waals surface area (Å²) in [4.78, 5) is 14.1. The molecule has 0 spiro atoms. The molecule has 0 aliphatic carbocycles. The van der Waals surface area contributed by atoms with E-state index in [4.69, 9.17) is 4.74 Å². The minimum Gasteiger partial charge on any atom is -0.469 e. The third-order valence-electron chi connectivity index (χ3n) is 4.08. The Labute approximate surface area is 120 Å². The van der Waals surface area contributed by atoms with Gasteiger partial charge in [0.25, 0.3) is 0 Å². The Morgan fingerprint density at radius 1 is 1.55 bits per heavy atom. The monoisotopic (exact) mass is 279 g/mol. The van der Waals surface area contributed by atoms with Gasteiger partial charge in [0.2, 0.25) is 0 Å². The molecule has 5 heteroatoms. The molecule has 2 rings (SSSR count). The van der Waals surface area contributed by atoms with Crippen molar-refractivity contribution in [2.45, 2.75) is 39.8 Å². The number of hydrogen-bond acceptors (Lipinski definition) is 4. The van der Waals surface area contributed by atoms with Crippen molar-refractivity contribution in [3.8, 4) is 0 Å². The van der Waals surface area contributed by atoms with Crippen LogP contribution in [-0.2, 0) is 16.1 Å². The van der Waals surface area contributed by atoms with Gasteiger partial charge in [0.05, 0.1) is 19.2 Å². The van der Waals surface area contributed by atoms with Gasteiger partial charge in [0.1, 0.15) is 0 Å². The van der Waals surface area contributed by atoms with E-state index in [0.717, 1.165) is 26.1 Å². The first-order valence-corrected chi connectivity index (χ1v) is 7.34. The second-order valence-electron chi connectivity index (χ2n) is 6.05. The molecular formula is C15H25N3O2. The Kier molecular flexibility index (Phi) is 4.81. The van der Waals surface area contributed by atoms with Gasteiger partial charge in [-0.1, -0.05) is 6.92 Å². The molecule has 1 aromatic heterocycles. The van der Waals surface area contributed by atoms with E-state index < -0.39 is 0 Å². The molecule has 0 aromatic carbocycles. The van der Waals surface area contributed by atoms with E-state index in [1.54, 1.807) is 0 Å². The molecule has 1 aliphatic rings. The summed E-state index contributed by atoms with van der Waals surface area (Å²) in [5.41, 5.74) is 1.24. The van der Waals surface area contributed by atoms with Gasteiger partial charge in [-0.05, 0) is 32.7 Å². The average molecular weight is 279 g/mol. The van der Waals surface area contributed by atoms with E-state index >= 15 is 0 Å². The molecule has 0 saturated carbocycles. The molecule has 1 saturated heterocycles. The number of piperidine rings is 1. The first kappa shape index (κ1) is 15.0. The van der Waals surface area contributed by atoms with Gasteiger partial charge in [-0.3, -0.25) is 14.4 Å². The highest BCUT2D eigenvalue weighted by Gasteiger charge is 2.31. The highest BCUT2D eigenvalue weighted by atomic mass is 16.5. The lowest BCUT2D eigenvalue weighted by Crippen LogP contribution is -2.41. The Balaban J connectivity index is 1.91. The van der Waals surface area contributed by atoms with Gasteiger partial charge >= 0.3 is 5.97 Å². The van der Waals surface area contributed by atoms with Crippen LogP contribution < -0.4 is 0 Å². The zero-order valence-electron chi connectivity index (χ0n) is 12.9. The zero-order chi connectivity index (χ0) is 14.7. The van der Waals surface area contributed by atoms with Crippen LogP contribution in [0, 0.1) is 11.8 Å². The third kappa shape index (κ3) is 3.39. The second kappa shape index (κ2) is 6.39. The Morgan fingerprint density at radius 3 is 2.85 bits per heavy atom. The lowest BCUT2D eigenvalue weighted by atomic mass is 9.87. The van der Waals surface area contributed by atoms with E-state index in [9.17, 15) is 4.79 Å². The minimum atomic E-state index is -0.0650. The summed E-state index contributed by atoms with van der Waals surface area (Å²) in [7, 11) is 1.47. The van der Waals surface area contributed by atoms with Crippen molar-refractivity contribution in [1.82, 2.24) is 14.7 Å². The van der Waals surface area contributed by atoms with E-state index in [2.05, 4.69) is 37.0 Å². The molecule has 112 valence electrons. The summed E-state index contributed by atoms with van der Waals surface area (Å²) in [6.45, 7) is 9.17. The maximum Gasteiger partial charge on any atom is 0.309 e. The molecular weight excluding hydrogens is 254 g/mol. The molecule has 0 N–H and O–H groups in total. The summed E-state index contributed by atoms with van der Waals surface area (Å²) in [6, 6.07) is 0.396. The molecule has 5 nitrogen and oxygen atoms in total. The number of hydrogen-bond donors (Lipinski definition) is 0. The SMILES string of the molecule is COC(=O)[C@H]1CCN(Cc2cnn(C(C)C)c2)C[C@H]1C. The average Bonchev–Trinajstić information content (AvgIpc) is 2.87. The number of ether oxygens (including phenoxy) is 1. The maximum absolute atomic E-state index is 11.7. The Bertz CT molecular complexity index is 456. The van der Waals surface area contributed by atoms with Gasteiger partial charge in [0.15, 0.2) is 0 Å². The third-order valence-corrected chi connectivity index (χ3v) is 4.08. The van der Waals surface area contributed by atoms with Crippen LogP contribution >= 0.6 is 0 Å². The lowest BCUT2D eigenvalue weighted by Gasteiger charge is -2.35. The predicted molar refractivity (Wildman–Crippen MR) is 77.2 cm³/mol. The van der Waals surface area contributed by atoms with Crippen LogP contribution in [0.4, 0.5) is 0 Å². The van der Waals surface area contributed by atoms with Gasteiger partial charge in [-0.25, -0.2) is 0 Å². The van der Waals surface area contributed by atoms with E-state index in [1.807, 2.05) is 10.9 Å². The first-order valence-electron chi connectivity index (χ1n) is 7.34. The fourth-order valence-corrected chi connectivity index (χ4v) is 2.88. The van der Waals surface area contributed by atoms with Crippen LogP contribution in [0.2, 0.25) is 0 Å². The number of esters is 1. The van der Waals surface area contributed by atoms with Gasteiger partial charge in [0, 0.05) is 30.9 Å². The Hall–Kier alpha value is -1.36. The number of nitrogens with zero attached hydrogens (tertiary/aromatic N) is 3. The van der Waals surface area contributed by atoms with Crippen LogP contribution in [0.5, 0.6) is 0 Å². The quantitative estimate of drug-likeness (QED) is 0.792. The smallest absolute Gasteiger partial charge is 0.309 e. The van der Waals surface area contributed by atoms with Crippen molar-refractivity contribution in [3.63, 3.8) is 0 Å². The second-order valence-corrected chi connectivity index (χ2v) is 6.05. The number of aromatic nitrogens is 2. The molecule has 1 aromatic rings. The summed E-state index contributed by atoms with van der Waals surface area (Å²) in [5.74, 6) is 0.329. The molecule has 2 atom stereocenters. The van der Waals surface area contributed by atoms with Crippen LogP contribution in [-0.4, -0.2) is 40.8 Å². The van der Waals surface area contributed by atoms with Crippen molar-refractivity contribution in [1.29, 1.82) is 0 Å². The van der Waals surface area contributed by atoms with E-state index in [1.165, 1.54) is 12.7 Å².